The molecule has 0 fully saturated rings. The molecule has 1 amide bonds. The van der Waals surface area contributed by atoms with Crippen LogP contribution in [0, 0.1) is 6.92 Å². The number of rotatable bonds is 4. The van der Waals surface area contributed by atoms with Gasteiger partial charge in [0, 0.05) is 4.47 Å². The minimum absolute atomic E-state index is 0.0466. The lowest BCUT2D eigenvalue weighted by Crippen LogP contribution is -2.21. The van der Waals surface area contributed by atoms with E-state index >= 15 is 0 Å². The molecule has 5 nitrogen and oxygen atoms in total. The molecule has 2 aromatic rings. The molecule has 0 saturated carbocycles. The number of phenols is 1. The summed E-state index contributed by atoms with van der Waals surface area (Å²) in [5, 5.41) is 15.7. The molecule has 1 aliphatic heterocycles. The Balaban J connectivity index is 1.97. The second kappa shape index (κ2) is 7.33. The zero-order chi connectivity index (χ0) is 18.8. The van der Waals surface area contributed by atoms with Crippen molar-refractivity contribution in [3.63, 3.8) is 0 Å². The second-order valence-electron chi connectivity index (χ2n) is 5.97. The van der Waals surface area contributed by atoms with Crippen molar-refractivity contribution in [3.05, 3.63) is 57.6 Å². The van der Waals surface area contributed by atoms with E-state index in [1.54, 1.807) is 25.1 Å². The van der Waals surface area contributed by atoms with Crippen LogP contribution in [0.25, 0.3) is 6.08 Å². The van der Waals surface area contributed by atoms with E-state index in [1.165, 1.54) is 5.01 Å². The van der Waals surface area contributed by atoms with E-state index in [0.29, 0.717) is 28.1 Å². The summed E-state index contributed by atoms with van der Waals surface area (Å²) in [6.07, 6.45) is 1.75. The van der Waals surface area contributed by atoms with Crippen LogP contribution in [0.4, 0.5) is 5.69 Å². The number of hydrogen-bond donors (Lipinski definition) is 1. The first kappa shape index (κ1) is 18.2. The van der Waals surface area contributed by atoms with Gasteiger partial charge in [-0.15, -0.1) is 0 Å². The number of benzene rings is 2. The lowest BCUT2D eigenvalue weighted by Gasteiger charge is -2.12. The molecular formula is C20H19BrN2O3. The number of nitrogens with zero attached hydrogens (tertiary/aromatic N) is 2. The Bertz CT molecular complexity index is 917. The van der Waals surface area contributed by atoms with Crippen LogP contribution in [0.1, 0.15) is 25.0 Å². The Labute approximate surface area is 160 Å². The van der Waals surface area contributed by atoms with Gasteiger partial charge in [0.05, 0.1) is 23.6 Å². The highest BCUT2D eigenvalue weighted by molar-refractivity contribution is 9.10. The van der Waals surface area contributed by atoms with E-state index in [9.17, 15) is 9.90 Å². The van der Waals surface area contributed by atoms with Gasteiger partial charge >= 0.3 is 0 Å². The number of aromatic hydroxyl groups is 1. The average Bonchev–Trinajstić information content (AvgIpc) is 2.88. The smallest absolute Gasteiger partial charge is 0.280 e. The monoisotopic (exact) mass is 414 g/mol. The predicted octanol–water partition coefficient (Wildman–Crippen LogP) is 4.67. The summed E-state index contributed by atoms with van der Waals surface area (Å²) < 4.78 is 6.09. The normalized spacial score (nSPS) is 15.5. The van der Waals surface area contributed by atoms with Gasteiger partial charge in [0.25, 0.3) is 5.91 Å². The number of halogens is 1. The van der Waals surface area contributed by atoms with Crippen molar-refractivity contribution in [2.24, 2.45) is 5.10 Å². The summed E-state index contributed by atoms with van der Waals surface area (Å²) in [5.41, 5.74) is 3.71. The van der Waals surface area contributed by atoms with E-state index in [4.69, 9.17) is 4.74 Å². The molecule has 0 spiro atoms. The maximum Gasteiger partial charge on any atom is 0.280 e. The van der Waals surface area contributed by atoms with Crippen LogP contribution in [-0.2, 0) is 4.79 Å². The Hall–Kier alpha value is -2.60. The molecule has 134 valence electrons. The molecule has 6 heteroatoms. The number of hydrogen-bond acceptors (Lipinski definition) is 4. The molecule has 0 radical (unpaired) electrons. The van der Waals surface area contributed by atoms with Gasteiger partial charge < -0.3 is 9.84 Å². The second-order valence-corrected chi connectivity index (χ2v) is 6.82. The Kier molecular flexibility index (Phi) is 5.13. The lowest BCUT2D eigenvalue weighted by molar-refractivity contribution is -0.114. The SMILES string of the molecule is CCOc1cc(/C=C2/C(=O)N(c3ccc(C)cc3)N=C2C)c(Br)cc1O. The van der Waals surface area contributed by atoms with Gasteiger partial charge in [-0.25, -0.2) is 0 Å². The summed E-state index contributed by atoms with van der Waals surface area (Å²) in [7, 11) is 0. The van der Waals surface area contributed by atoms with Gasteiger partial charge in [0.15, 0.2) is 11.5 Å². The number of carbonyl (C=O) groups excluding carboxylic acids is 1. The number of anilines is 1. The van der Waals surface area contributed by atoms with Gasteiger partial charge in [0.2, 0.25) is 0 Å². The summed E-state index contributed by atoms with van der Waals surface area (Å²) in [6.45, 7) is 6.08. The summed E-state index contributed by atoms with van der Waals surface area (Å²) in [5.74, 6) is 0.229. The summed E-state index contributed by atoms with van der Waals surface area (Å²) in [6, 6.07) is 10.9. The van der Waals surface area contributed by atoms with Gasteiger partial charge in [-0.3, -0.25) is 4.79 Å². The molecule has 0 saturated heterocycles. The summed E-state index contributed by atoms with van der Waals surface area (Å²) >= 11 is 3.42. The molecule has 0 aliphatic carbocycles. The number of amides is 1. The maximum absolute atomic E-state index is 12.8. The molecule has 1 aliphatic rings. The molecule has 0 aromatic heterocycles. The molecule has 0 unspecified atom stereocenters. The zero-order valence-electron chi connectivity index (χ0n) is 14.8. The van der Waals surface area contributed by atoms with Crippen molar-refractivity contribution < 1.29 is 14.6 Å². The first-order valence-corrected chi connectivity index (χ1v) is 9.03. The van der Waals surface area contributed by atoms with Crippen molar-refractivity contribution in [1.29, 1.82) is 0 Å². The third-order valence-corrected chi connectivity index (χ3v) is 4.71. The fourth-order valence-corrected chi connectivity index (χ4v) is 3.09. The van der Waals surface area contributed by atoms with Crippen molar-refractivity contribution >= 4 is 39.3 Å². The Morgan fingerprint density at radius 1 is 1.23 bits per heavy atom. The zero-order valence-corrected chi connectivity index (χ0v) is 16.4. The number of aryl methyl sites for hydroxylation is 1. The molecule has 0 bridgehead atoms. The first-order valence-electron chi connectivity index (χ1n) is 8.24. The number of ether oxygens (including phenoxy) is 1. The van der Waals surface area contributed by atoms with E-state index in [2.05, 4.69) is 21.0 Å². The number of phenolic OH excluding ortho intramolecular Hbond substituents is 1. The predicted molar refractivity (Wildman–Crippen MR) is 107 cm³/mol. The van der Waals surface area contributed by atoms with E-state index in [0.717, 1.165) is 16.8 Å². The molecule has 1 heterocycles. The van der Waals surface area contributed by atoms with Crippen molar-refractivity contribution in [3.8, 4) is 11.5 Å². The van der Waals surface area contributed by atoms with E-state index in [-0.39, 0.29) is 11.7 Å². The van der Waals surface area contributed by atoms with Crippen LogP contribution in [0.5, 0.6) is 11.5 Å². The first-order chi connectivity index (χ1) is 12.4. The maximum atomic E-state index is 12.8. The van der Waals surface area contributed by atoms with Crippen LogP contribution in [0.2, 0.25) is 0 Å². The number of hydrazone groups is 1. The van der Waals surface area contributed by atoms with Crippen LogP contribution < -0.4 is 9.75 Å². The summed E-state index contributed by atoms with van der Waals surface area (Å²) in [4.78, 5) is 12.8. The molecule has 2 aromatic carbocycles. The topological polar surface area (TPSA) is 62.1 Å². The van der Waals surface area contributed by atoms with Crippen molar-refractivity contribution in [2.45, 2.75) is 20.8 Å². The van der Waals surface area contributed by atoms with Gasteiger partial charge in [0.1, 0.15) is 0 Å². The fraction of sp³-hybridized carbons (Fsp3) is 0.200. The highest BCUT2D eigenvalue weighted by Crippen LogP contribution is 2.35. The van der Waals surface area contributed by atoms with Crippen LogP contribution >= 0.6 is 15.9 Å². The Morgan fingerprint density at radius 2 is 1.92 bits per heavy atom. The number of carbonyl (C=O) groups is 1. The Morgan fingerprint density at radius 3 is 2.58 bits per heavy atom. The van der Waals surface area contributed by atoms with E-state index < -0.39 is 0 Å². The van der Waals surface area contributed by atoms with Gasteiger partial charge in [-0.2, -0.15) is 10.1 Å². The fourth-order valence-electron chi connectivity index (χ4n) is 2.64. The highest BCUT2D eigenvalue weighted by atomic mass is 79.9. The van der Waals surface area contributed by atoms with Crippen LogP contribution in [0.15, 0.2) is 51.5 Å². The van der Waals surface area contributed by atoms with Crippen LogP contribution in [-0.4, -0.2) is 23.3 Å². The average molecular weight is 415 g/mol. The molecule has 1 N–H and O–H groups in total. The third-order valence-electron chi connectivity index (χ3n) is 4.02. The van der Waals surface area contributed by atoms with Crippen LogP contribution in [0.3, 0.4) is 0 Å². The minimum atomic E-state index is -0.190. The standard InChI is InChI=1S/C20H19BrN2O3/c1-4-26-19-10-14(17(21)11-18(19)24)9-16-13(3)22-23(20(16)25)15-7-5-12(2)6-8-15/h5-11,24H,4H2,1-3H3/b16-9+. The minimum Gasteiger partial charge on any atom is -0.504 e. The van der Waals surface area contributed by atoms with E-state index in [1.807, 2.05) is 38.1 Å². The quantitative estimate of drug-likeness (QED) is 0.739. The molecular weight excluding hydrogens is 396 g/mol. The lowest BCUT2D eigenvalue weighted by atomic mass is 10.1. The molecule has 3 rings (SSSR count). The van der Waals surface area contributed by atoms with Crippen molar-refractivity contribution in [1.82, 2.24) is 0 Å². The highest BCUT2D eigenvalue weighted by Gasteiger charge is 2.29. The van der Waals surface area contributed by atoms with Crippen molar-refractivity contribution in [2.75, 3.05) is 11.6 Å². The van der Waals surface area contributed by atoms with Gasteiger partial charge in [-0.1, -0.05) is 33.6 Å². The van der Waals surface area contributed by atoms with Gasteiger partial charge in [-0.05, 0) is 56.7 Å². The largest absolute Gasteiger partial charge is 0.504 e. The third kappa shape index (κ3) is 3.51. The molecule has 0 atom stereocenters. The molecule has 26 heavy (non-hydrogen) atoms.